The molecule has 6 rings (SSSR count). The van der Waals surface area contributed by atoms with Gasteiger partial charge in [-0.1, -0.05) is 42.2 Å². The van der Waals surface area contributed by atoms with Crippen LogP contribution in [0.1, 0.15) is 11.1 Å². The van der Waals surface area contributed by atoms with E-state index in [1.807, 2.05) is 72.4 Å². The lowest BCUT2D eigenvalue weighted by molar-refractivity contribution is 0.363. The summed E-state index contributed by atoms with van der Waals surface area (Å²) in [7, 11) is 0. The number of para-hydroxylation sites is 1. The predicted octanol–water partition coefficient (Wildman–Crippen LogP) is 4.68. The third-order valence-electron chi connectivity index (χ3n) is 5.79. The van der Waals surface area contributed by atoms with Crippen molar-refractivity contribution in [1.29, 1.82) is 0 Å². The lowest BCUT2D eigenvalue weighted by Crippen LogP contribution is -2.23. The molecule has 0 N–H and O–H groups in total. The van der Waals surface area contributed by atoms with Gasteiger partial charge in [0.15, 0.2) is 5.76 Å². The van der Waals surface area contributed by atoms with E-state index in [0.29, 0.717) is 27.7 Å². The van der Waals surface area contributed by atoms with Crippen LogP contribution in [-0.4, -0.2) is 31.0 Å². The van der Waals surface area contributed by atoms with E-state index in [9.17, 15) is 4.79 Å². The molecule has 4 heterocycles. The molecule has 0 spiro atoms. The Kier molecular flexibility index (Phi) is 5.74. The second-order valence-corrected chi connectivity index (χ2v) is 9.32. The van der Waals surface area contributed by atoms with Crippen molar-refractivity contribution in [1.82, 2.24) is 24.4 Å². The molecule has 4 aromatic heterocycles. The Morgan fingerprint density at radius 1 is 1.11 bits per heavy atom. The van der Waals surface area contributed by atoms with Crippen LogP contribution < -0.4 is 14.8 Å². The highest BCUT2D eigenvalue weighted by Crippen LogP contribution is 2.30. The Hall–Kier alpha value is -4.76. The maximum absolute atomic E-state index is 13.2. The van der Waals surface area contributed by atoms with E-state index in [-0.39, 0.29) is 5.56 Å². The minimum atomic E-state index is -0.242. The number of ether oxygens (including phenoxy) is 1. The second kappa shape index (κ2) is 9.36. The zero-order chi connectivity index (χ0) is 25.4. The Bertz CT molecular complexity index is 1830. The molecule has 0 amide bonds. The molecule has 0 atom stereocenters. The van der Waals surface area contributed by atoms with Gasteiger partial charge in [0.2, 0.25) is 10.8 Å². The number of rotatable bonds is 7. The van der Waals surface area contributed by atoms with E-state index >= 15 is 0 Å². The second-order valence-electron chi connectivity index (χ2n) is 8.31. The van der Waals surface area contributed by atoms with Crippen molar-refractivity contribution in [2.75, 3.05) is 6.61 Å². The van der Waals surface area contributed by atoms with Crippen LogP contribution in [0.15, 0.2) is 95.0 Å². The van der Waals surface area contributed by atoms with E-state index < -0.39 is 0 Å². The van der Waals surface area contributed by atoms with Gasteiger partial charge >= 0.3 is 0 Å². The highest BCUT2D eigenvalue weighted by Gasteiger charge is 2.17. The van der Waals surface area contributed by atoms with Crippen molar-refractivity contribution in [2.45, 2.75) is 6.92 Å². The Balaban J connectivity index is 1.48. The van der Waals surface area contributed by atoms with Crippen LogP contribution in [0.2, 0.25) is 0 Å². The number of fused-ring (bicyclic) bond motifs is 1. The van der Waals surface area contributed by atoms with Crippen molar-refractivity contribution >= 4 is 22.4 Å². The molecule has 0 saturated carbocycles. The zero-order valence-corrected chi connectivity index (χ0v) is 20.7. The fourth-order valence-corrected chi connectivity index (χ4v) is 4.95. The van der Waals surface area contributed by atoms with Crippen molar-refractivity contribution in [3.8, 4) is 34.3 Å². The molecule has 0 aliphatic rings. The molecular formula is C28H21N5O3S. The van der Waals surface area contributed by atoms with E-state index in [4.69, 9.17) is 14.3 Å². The first kappa shape index (κ1) is 22.7. The predicted molar refractivity (Wildman–Crippen MR) is 143 cm³/mol. The van der Waals surface area contributed by atoms with Gasteiger partial charge in [0.1, 0.15) is 18.1 Å². The molecule has 0 aliphatic carbocycles. The summed E-state index contributed by atoms with van der Waals surface area (Å²) in [5.74, 6) is 1.66. The molecule has 2 aromatic carbocycles. The third kappa shape index (κ3) is 4.25. The van der Waals surface area contributed by atoms with Gasteiger partial charge in [-0.3, -0.25) is 4.79 Å². The maximum Gasteiger partial charge on any atom is 0.291 e. The van der Waals surface area contributed by atoms with Gasteiger partial charge in [0, 0.05) is 17.3 Å². The largest absolute Gasteiger partial charge is 0.490 e. The van der Waals surface area contributed by atoms with Crippen molar-refractivity contribution in [2.24, 2.45) is 0 Å². The Morgan fingerprint density at radius 3 is 2.70 bits per heavy atom. The lowest BCUT2D eigenvalue weighted by Gasteiger charge is -2.08. The number of furan rings is 1. The first-order valence-electron chi connectivity index (χ1n) is 11.6. The van der Waals surface area contributed by atoms with Crippen LogP contribution in [0, 0.1) is 6.92 Å². The molecule has 0 radical (unpaired) electrons. The summed E-state index contributed by atoms with van der Waals surface area (Å²) in [6.07, 6.45) is 7.03. The summed E-state index contributed by atoms with van der Waals surface area (Å²) in [6, 6.07) is 19.2. The highest BCUT2D eigenvalue weighted by molar-refractivity contribution is 7.15. The molecule has 0 bridgehead atoms. The smallest absolute Gasteiger partial charge is 0.291 e. The van der Waals surface area contributed by atoms with Gasteiger partial charge in [-0.2, -0.15) is 14.6 Å². The molecule has 37 heavy (non-hydrogen) atoms. The summed E-state index contributed by atoms with van der Waals surface area (Å²) in [6.45, 7) is 6.15. The van der Waals surface area contributed by atoms with Gasteiger partial charge in [0.25, 0.3) is 5.56 Å². The van der Waals surface area contributed by atoms with Gasteiger partial charge in [-0.05, 0) is 61.0 Å². The number of hydrogen-bond acceptors (Lipinski definition) is 7. The third-order valence-corrected chi connectivity index (χ3v) is 6.75. The van der Waals surface area contributed by atoms with Crippen LogP contribution in [0.3, 0.4) is 0 Å². The molecule has 9 heteroatoms. The average molecular weight is 508 g/mol. The first-order valence-corrected chi connectivity index (χ1v) is 12.4. The summed E-state index contributed by atoms with van der Waals surface area (Å²) in [4.78, 5) is 18.2. The van der Waals surface area contributed by atoms with Crippen molar-refractivity contribution < 1.29 is 9.15 Å². The zero-order valence-electron chi connectivity index (χ0n) is 19.9. The monoisotopic (exact) mass is 507 g/mol. The Labute approximate surface area is 215 Å². The van der Waals surface area contributed by atoms with Gasteiger partial charge in [-0.15, -0.1) is 5.10 Å². The summed E-state index contributed by atoms with van der Waals surface area (Å²) >= 11 is 1.27. The molecule has 0 unspecified atom stereocenters. The summed E-state index contributed by atoms with van der Waals surface area (Å²) in [5, 5.41) is 9.25. The number of benzene rings is 2. The normalized spacial score (nSPS) is 11.9. The SMILES string of the molecule is C=CCOc1ccc(-c2nn(-c3ccccc3)cc2C=c2sc3nc(-c4ccco4)nn3c2=O)c(C)c1. The van der Waals surface area contributed by atoms with Crippen LogP contribution >= 0.6 is 11.3 Å². The van der Waals surface area contributed by atoms with Crippen molar-refractivity contribution in [3.63, 3.8) is 0 Å². The summed E-state index contributed by atoms with van der Waals surface area (Å²) in [5.41, 5.74) is 4.18. The Morgan fingerprint density at radius 2 is 1.97 bits per heavy atom. The molecular weight excluding hydrogens is 486 g/mol. The quantitative estimate of drug-likeness (QED) is 0.292. The number of nitrogens with zero attached hydrogens (tertiary/aromatic N) is 5. The van der Waals surface area contributed by atoms with Crippen LogP contribution in [0.4, 0.5) is 0 Å². The van der Waals surface area contributed by atoms with Gasteiger partial charge < -0.3 is 9.15 Å². The first-order chi connectivity index (χ1) is 18.1. The van der Waals surface area contributed by atoms with Gasteiger partial charge in [0.05, 0.1) is 16.5 Å². The lowest BCUT2D eigenvalue weighted by atomic mass is 10.0. The van der Waals surface area contributed by atoms with Gasteiger partial charge in [-0.25, -0.2) is 4.68 Å². The van der Waals surface area contributed by atoms with E-state index in [1.54, 1.807) is 24.5 Å². The number of aryl methyl sites for hydroxylation is 1. The number of hydrogen-bond donors (Lipinski definition) is 0. The number of aromatic nitrogens is 5. The van der Waals surface area contributed by atoms with E-state index in [2.05, 4.69) is 16.7 Å². The summed E-state index contributed by atoms with van der Waals surface area (Å²) < 4.78 is 14.7. The van der Waals surface area contributed by atoms with Crippen molar-refractivity contribution in [3.05, 3.63) is 112 Å². The molecule has 182 valence electrons. The fraction of sp³-hybridized carbons (Fsp3) is 0.0714. The fourth-order valence-electron chi connectivity index (χ4n) is 4.05. The molecule has 8 nitrogen and oxygen atoms in total. The molecule has 6 aromatic rings. The van der Waals surface area contributed by atoms with Crippen LogP contribution in [0.25, 0.3) is 39.6 Å². The molecule has 0 saturated heterocycles. The van der Waals surface area contributed by atoms with E-state index in [1.165, 1.54) is 15.9 Å². The maximum atomic E-state index is 13.2. The highest BCUT2D eigenvalue weighted by atomic mass is 32.1. The molecule has 0 fully saturated rings. The van der Waals surface area contributed by atoms with E-state index in [0.717, 1.165) is 33.8 Å². The molecule has 0 aliphatic heterocycles. The minimum Gasteiger partial charge on any atom is -0.490 e. The average Bonchev–Trinajstić information content (AvgIpc) is 3.70. The standard InChI is InChI=1S/C28H21N5O3S/c1-3-13-35-21-11-12-22(18(2)15-21)25-19(17-32(30-25)20-8-5-4-6-9-20)16-24-27(34)33-28(37-24)29-26(31-33)23-10-7-14-36-23/h3-12,14-17H,1,13H2,2H3. The minimum absolute atomic E-state index is 0.242. The van der Waals surface area contributed by atoms with Crippen LogP contribution in [0.5, 0.6) is 5.75 Å². The number of thiazole rings is 1. The van der Waals surface area contributed by atoms with Crippen LogP contribution in [-0.2, 0) is 0 Å². The topological polar surface area (TPSA) is 87.4 Å².